The van der Waals surface area contributed by atoms with E-state index in [9.17, 15) is 0 Å². The van der Waals surface area contributed by atoms with Gasteiger partial charge in [-0.3, -0.25) is 0 Å². The van der Waals surface area contributed by atoms with Crippen LogP contribution < -0.4 is 15.6 Å². The van der Waals surface area contributed by atoms with Crippen LogP contribution in [0, 0.1) is 0 Å². The third kappa shape index (κ3) is 2.49. The van der Waals surface area contributed by atoms with Crippen molar-refractivity contribution in [1.82, 2.24) is 30.4 Å². The first kappa shape index (κ1) is 15.2. The lowest BCUT2D eigenvalue weighted by atomic mass is 10.0. The Bertz CT molecular complexity index is 1070. The molecule has 7 heteroatoms. The number of fused-ring (bicyclic) bond motifs is 3. The molecule has 0 saturated carbocycles. The van der Waals surface area contributed by atoms with E-state index in [4.69, 9.17) is 9.72 Å². The SMILES string of the molecule is COc1ccc(C2CC(c3nc4c5ccccc5ncn4n3)NN2)cc1. The van der Waals surface area contributed by atoms with Gasteiger partial charge < -0.3 is 4.74 Å². The molecule has 0 spiro atoms. The molecule has 0 bridgehead atoms. The normalized spacial score (nSPS) is 20.0. The van der Waals surface area contributed by atoms with Crippen molar-refractivity contribution in [2.24, 2.45) is 0 Å². The first-order chi connectivity index (χ1) is 12.8. The first-order valence-corrected chi connectivity index (χ1v) is 8.57. The lowest BCUT2D eigenvalue weighted by Gasteiger charge is -2.10. The molecule has 2 aromatic carbocycles. The van der Waals surface area contributed by atoms with E-state index in [-0.39, 0.29) is 12.1 Å². The fraction of sp³-hybridized carbons (Fsp3) is 0.211. The van der Waals surface area contributed by atoms with Crippen molar-refractivity contribution in [3.8, 4) is 5.75 Å². The summed E-state index contributed by atoms with van der Waals surface area (Å²) in [6, 6.07) is 16.3. The van der Waals surface area contributed by atoms with Crippen LogP contribution in [-0.2, 0) is 0 Å². The van der Waals surface area contributed by atoms with Gasteiger partial charge in [-0.05, 0) is 36.2 Å². The molecular weight excluding hydrogens is 328 g/mol. The average Bonchev–Trinajstić information content (AvgIpc) is 3.35. The highest BCUT2D eigenvalue weighted by Gasteiger charge is 2.29. The van der Waals surface area contributed by atoms with Crippen LogP contribution in [0.3, 0.4) is 0 Å². The zero-order valence-electron chi connectivity index (χ0n) is 14.3. The number of para-hydroxylation sites is 1. The quantitative estimate of drug-likeness (QED) is 0.594. The molecule has 2 aromatic heterocycles. The van der Waals surface area contributed by atoms with E-state index in [0.29, 0.717) is 0 Å². The van der Waals surface area contributed by atoms with Gasteiger partial charge in [0.1, 0.15) is 12.1 Å². The molecule has 2 N–H and O–H groups in total. The second-order valence-electron chi connectivity index (χ2n) is 6.40. The molecule has 0 radical (unpaired) electrons. The van der Waals surface area contributed by atoms with Crippen LogP contribution in [-0.4, -0.2) is 26.7 Å². The summed E-state index contributed by atoms with van der Waals surface area (Å²) < 4.78 is 6.98. The molecule has 130 valence electrons. The highest BCUT2D eigenvalue weighted by Crippen LogP contribution is 2.30. The van der Waals surface area contributed by atoms with Gasteiger partial charge in [-0.25, -0.2) is 25.3 Å². The largest absolute Gasteiger partial charge is 0.497 e. The number of hydrogen-bond acceptors (Lipinski definition) is 6. The van der Waals surface area contributed by atoms with Gasteiger partial charge in [0, 0.05) is 11.4 Å². The number of ether oxygens (including phenoxy) is 1. The summed E-state index contributed by atoms with van der Waals surface area (Å²) >= 11 is 0. The van der Waals surface area contributed by atoms with Crippen molar-refractivity contribution in [3.63, 3.8) is 0 Å². The van der Waals surface area contributed by atoms with E-state index in [1.165, 1.54) is 5.56 Å². The Morgan fingerprint density at radius 1 is 1.04 bits per heavy atom. The highest BCUT2D eigenvalue weighted by atomic mass is 16.5. The molecule has 4 aromatic rings. The smallest absolute Gasteiger partial charge is 0.170 e. The Morgan fingerprint density at radius 3 is 2.69 bits per heavy atom. The molecule has 1 aliphatic rings. The average molecular weight is 346 g/mol. The molecular formula is C19H18N6O. The Morgan fingerprint density at radius 2 is 1.85 bits per heavy atom. The lowest BCUT2D eigenvalue weighted by molar-refractivity contribution is 0.414. The summed E-state index contributed by atoms with van der Waals surface area (Å²) in [6.45, 7) is 0. The Balaban J connectivity index is 1.44. The molecule has 3 heterocycles. The topological polar surface area (TPSA) is 76.4 Å². The fourth-order valence-electron chi connectivity index (χ4n) is 3.42. The monoisotopic (exact) mass is 346 g/mol. The minimum absolute atomic E-state index is 0.0424. The Hall–Kier alpha value is -3.03. The summed E-state index contributed by atoms with van der Waals surface area (Å²) in [6.07, 6.45) is 2.59. The minimum atomic E-state index is 0.0424. The lowest BCUT2D eigenvalue weighted by Crippen LogP contribution is -2.27. The molecule has 1 aliphatic heterocycles. The molecule has 0 aliphatic carbocycles. The van der Waals surface area contributed by atoms with Crippen LogP contribution in [0.2, 0.25) is 0 Å². The molecule has 1 saturated heterocycles. The van der Waals surface area contributed by atoms with Crippen molar-refractivity contribution >= 4 is 16.6 Å². The predicted octanol–water partition coefficient (Wildman–Crippen LogP) is 2.57. The van der Waals surface area contributed by atoms with Gasteiger partial charge in [-0.1, -0.05) is 24.3 Å². The van der Waals surface area contributed by atoms with Gasteiger partial charge in [0.15, 0.2) is 11.5 Å². The number of nitrogens with one attached hydrogen (secondary N) is 2. The van der Waals surface area contributed by atoms with Gasteiger partial charge in [-0.2, -0.15) is 0 Å². The van der Waals surface area contributed by atoms with Crippen molar-refractivity contribution in [3.05, 3.63) is 66.2 Å². The maximum atomic E-state index is 5.23. The maximum Gasteiger partial charge on any atom is 0.170 e. The van der Waals surface area contributed by atoms with Crippen molar-refractivity contribution in [2.45, 2.75) is 18.5 Å². The molecule has 0 amide bonds. The number of rotatable bonds is 3. The summed E-state index contributed by atoms with van der Waals surface area (Å²) in [5.41, 5.74) is 9.63. The number of methoxy groups -OCH3 is 1. The van der Waals surface area contributed by atoms with Crippen LogP contribution in [0.5, 0.6) is 5.75 Å². The van der Waals surface area contributed by atoms with Crippen LogP contribution in [0.4, 0.5) is 0 Å². The second kappa shape index (κ2) is 6.05. The van der Waals surface area contributed by atoms with Gasteiger partial charge in [0.2, 0.25) is 0 Å². The van der Waals surface area contributed by atoms with Crippen molar-refractivity contribution < 1.29 is 4.74 Å². The number of nitrogens with zero attached hydrogens (tertiary/aromatic N) is 4. The minimum Gasteiger partial charge on any atom is -0.497 e. The van der Waals surface area contributed by atoms with E-state index < -0.39 is 0 Å². The molecule has 1 fully saturated rings. The van der Waals surface area contributed by atoms with Crippen LogP contribution in [0.1, 0.15) is 29.9 Å². The summed E-state index contributed by atoms with van der Waals surface area (Å²) in [5, 5.41) is 5.63. The van der Waals surface area contributed by atoms with E-state index in [1.54, 1.807) is 18.0 Å². The Labute approximate surface area is 150 Å². The van der Waals surface area contributed by atoms with Crippen LogP contribution in [0.25, 0.3) is 16.6 Å². The van der Waals surface area contributed by atoms with E-state index >= 15 is 0 Å². The van der Waals surface area contributed by atoms with E-state index in [1.807, 2.05) is 36.4 Å². The van der Waals surface area contributed by atoms with Crippen molar-refractivity contribution in [1.29, 1.82) is 0 Å². The number of hydrogen-bond donors (Lipinski definition) is 2. The third-order valence-corrected chi connectivity index (χ3v) is 4.83. The molecule has 2 atom stereocenters. The van der Waals surface area contributed by atoms with Crippen molar-refractivity contribution in [2.75, 3.05) is 7.11 Å². The molecule has 26 heavy (non-hydrogen) atoms. The molecule has 5 rings (SSSR count). The van der Waals surface area contributed by atoms with E-state index in [2.05, 4.69) is 33.1 Å². The predicted molar refractivity (Wildman–Crippen MR) is 97.7 cm³/mol. The maximum absolute atomic E-state index is 5.23. The van der Waals surface area contributed by atoms with Gasteiger partial charge >= 0.3 is 0 Å². The Kier molecular flexibility index (Phi) is 3.55. The zero-order valence-corrected chi connectivity index (χ0v) is 14.3. The molecule has 7 nitrogen and oxygen atoms in total. The number of benzene rings is 2. The zero-order chi connectivity index (χ0) is 17.5. The summed E-state index contributed by atoms with van der Waals surface area (Å²) in [7, 11) is 1.67. The standard InChI is InChI=1S/C19H18N6O/c1-26-13-8-6-12(7-9-13)16-10-17(23-22-16)18-21-19-14-4-2-3-5-15(14)20-11-25(19)24-18/h2-9,11,16-17,22-23H,10H2,1H3. The van der Waals surface area contributed by atoms with Gasteiger partial charge in [0.25, 0.3) is 0 Å². The highest BCUT2D eigenvalue weighted by molar-refractivity contribution is 5.90. The summed E-state index contributed by atoms with van der Waals surface area (Å²) in [4.78, 5) is 9.21. The second-order valence-corrected chi connectivity index (χ2v) is 6.40. The number of hydrazine groups is 1. The third-order valence-electron chi connectivity index (χ3n) is 4.83. The van der Waals surface area contributed by atoms with Crippen LogP contribution >= 0.6 is 0 Å². The van der Waals surface area contributed by atoms with E-state index in [0.717, 1.165) is 34.5 Å². The van der Waals surface area contributed by atoms with Crippen LogP contribution in [0.15, 0.2) is 54.9 Å². The molecule has 2 unspecified atom stereocenters. The van der Waals surface area contributed by atoms with Gasteiger partial charge in [0.05, 0.1) is 18.7 Å². The fourth-order valence-corrected chi connectivity index (χ4v) is 3.42. The number of aromatic nitrogens is 4. The first-order valence-electron chi connectivity index (χ1n) is 8.57. The summed E-state index contributed by atoms with van der Waals surface area (Å²) in [5.74, 6) is 1.63. The van der Waals surface area contributed by atoms with Gasteiger partial charge in [-0.15, -0.1) is 5.10 Å².